The first kappa shape index (κ1) is 16.0. The molecule has 0 radical (unpaired) electrons. The van der Waals surface area contributed by atoms with Gasteiger partial charge in [-0.3, -0.25) is 0 Å². The van der Waals surface area contributed by atoms with E-state index in [2.05, 4.69) is 9.71 Å². The summed E-state index contributed by atoms with van der Waals surface area (Å²) in [6.07, 6.45) is 3.48. The van der Waals surface area contributed by atoms with Gasteiger partial charge in [0.1, 0.15) is 5.65 Å². The first-order valence-corrected chi connectivity index (χ1v) is 8.91. The third-order valence-electron chi connectivity index (χ3n) is 3.70. The number of halogens is 1. The van der Waals surface area contributed by atoms with Crippen molar-refractivity contribution in [3.8, 4) is 0 Å². The molecule has 0 saturated heterocycles. The van der Waals surface area contributed by atoms with E-state index >= 15 is 0 Å². The maximum atomic E-state index is 12.4. The fourth-order valence-corrected chi connectivity index (χ4v) is 3.49. The number of pyridine rings is 1. The van der Waals surface area contributed by atoms with Crippen molar-refractivity contribution in [3.05, 3.63) is 64.6 Å². The average molecular weight is 350 g/mol. The molecule has 0 aliphatic rings. The van der Waals surface area contributed by atoms with E-state index in [4.69, 9.17) is 11.6 Å². The molecule has 0 unspecified atom stereocenters. The second-order valence-electron chi connectivity index (χ2n) is 5.42. The van der Waals surface area contributed by atoms with Gasteiger partial charge in [0, 0.05) is 12.4 Å². The molecular formula is C16H16ClN3O2S. The van der Waals surface area contributed by atoms with Crippen molar-refractivity contribution in [3.63, 3.8) is 0 Å². The fourth-order valence-electron chi connectivity index (χ4n) is 2.24. The van der Waals surface area contributed by atoms with Crippen molar-refractivity contribution in [1.29, 1.82) is 0 Å². The van der Waals surface area contributed by atoms with Gasteiger partial charge in [0.15, 0.2) is 0 Å². The molecule has 23 heavy (non-hydrogen) atoms. The molecule has 0 amide bonds. The first-order chi connectivity index (χ1) is 10.8. The Morgan fingerprint density at radius 1 is 1.13 bits per heavy atom. The number of hydrogen-bond acceptors (Lipinski definition) is 3. The van der Waals surface area contributed by atoms with E-state index in [0.717, 1.165) is 16.8 Å². The van der Waals surface area contributed by atoms with Gasteiger partial charge in [-0.2, -0.15) is 0 Å². The van der Waals surface area contributed by atoms with Gasteiger partial charge in [0.05, 0.1) is 22.2 Å². The quantitative estimate of drug-likeness (QED) is 0.787. The molecule has 5 nitrogen and oxygen atoms in total. The maximum absolute atomic E-state index is 12.4. The summed E-state index contributed by atoms with van der Waals surface area (Å²) in [7, 11) is -3.57. The Morgan fingerprint density at radius 2 is 1.91 bits per heavy atom. The number of hydrogen-bond donors (Lipinski definition) is 1. The zero-order valence-electron chi connectivity index (χ0n) is 12.7. The highest BCUT2D eigenvalue weighted by Crippen LogP contribution is 2.16. The summed E-state index contributed by atoms with van der Waals surface area (Å²) < 4.78 is 29.1. The minimum atomic E-state index is -3.57. The van der Waals surface area contributed by atoms with Crippen LogP contribution in [0.3, 0.4) is 0 Å². The third-order valence-corrected chi connectivity index (χ3v) is 5.32. The number of fused-ring (bicyclic) bond motifs is 1. The van der Waals surface area contributed by atoms with Gasteiger partial charge in [-0.15, -0.1) is 0 Å². The summed E-state index contributed by atoms with van der Waals surface area (Å²) in [5, 5.41) is 0.595. The second-order valence-corrected chi connectivity index (χ2v) is 7.62. The molecule has 2 heterocycles. The Morgan fingerprint density at radius 3 is 2.65 bits per heavy atom. The zero-order chi connectivity index (χ0) is 16.6. The van der Waals surface area contributed by atoms with E-state index < -0.39 is 10.0 Å². The van der Waals surface area contributed by atoms with E-state index in [1.54, 1.807) is 47.1 Å². The number of nitrogens with one attached hydrogen (secondary N) is 1. The van der Waals surface area contributed by atoms with Crippen LogP contribution < -0.4 is 4.72 Å². The van der Waals surface area contributed by atoms with Crippen LogP contribution in [0.25, 0.3) is 5.65 Å². The Balaban J connectivity index is 1.81. The summed E-state index contributed by atoms with van der Waals surface area (Å²) >= 11 is 5.93. The Hall–Kier alpha value is -1.89. The molecule has 2 aromatic heterocycles. The molecule has 120 valence electrons. The first-order valence-electron chi connectivity index (χ1n) is 7.05. The van der Waals surface area contributed by atoms with Crippen LogP contribution in [0, 0.1) is 13.8 Å². The van der Waals surface area contributed by atoms with Crippen LogP contribution in [-0.2, 0) is 16.6 Å². The zero-order valence-corrected chi connectivity index (χ0v) is 14.3. The van der Waals surface area contributed by atoms with Crippen LogP contribution in [0.4, 0.5) is 0 Å². The highest BCUT2D eigenvalue weighted by molar-refractivity contribution is 7.89. The molecule has 1 aromatic carbocycles. The van der Waals surface area contributed by atoms with Gasteiger partial charge < -0.3 is 4.40 Å². The SMILES string of the molecule is Cc1ccc(S(=O)(=O)NCc2cn3cc(Cl)ccc3n2)cc1C. The smallest absolute Gasteiger partial charge is 0.240 e. The predicted molar refractivity (Wildman–Crippen MR) is 90.1 cm³/mol. The molecule has 0 bridgehead atoms. The molecular weight excluding hydrogens is 334 g/mol. The predicted octanol–water partition coefficient (Wildman–Crippen LogP) is 3.08. The highest BCUT2D eigenvalue weighted by Gasteiger charge is 2.15. The third kappa shape index (κ3) is 3.39. The summed E-state index contributed by atoms with van der Waals surface area (Å²) in [5.74, 6) is 0. The van der Waals surface area contributed by atoms with Crippen LogP contribution >= 0.6 is 11.6 Å². The molecule has 0 saturated carbocycles. The minimum absolute atomic E-state index is 0.120. The van der Waals surface area contributed by atoms with E-state index in [0.29, 0.717) is 10.7 Å². The standard InChI is InChI=1S/C16H16ClN3O2S/c1-11-3-5-15(7-12(11)2)23(21,22)18-8-14-10-20-9-13(17)4-6-16(20)19-14/h3-7,9-10,18H,8H2,1-2H3. The summed E-state index contributed by atoms with van der Waals surface area (Å²) in [6, 6.07) is 8.60. The van der Waals surface area contributed by atoms with E-state index in [1.807, 2.05) is 13.8 Å². The van der Waals surface area contributed by atoms with Crippen molar-refractivity contribution >= 4 is 27.3 Å². The van der Waals surface area contributed by atoms with E-state index in [1.165, 1.54) is 0 Å². The highest BCUT2D eigenvalue weighted by atomic mass is 35.5. The van der Waals surface area contributed by atoms with Crippen molar-refractivity contribution in [2.45, 2.75) is 25.3 Å². The Bertz CT molecular complexity index is 980. The van der Waals surface area contributed by atoms with Gasteiger partial charge >= 0.3 is 0 Å². The number of aromatic nitrogens is 2. The number of rotatable bonds is 4. The van der Waals surface area contributed by atoms with E-state index in [-0.39, 0.29) is 11.4 Å². The van der Waals surface area contributed by atoms with Crippen molar-refractivity contribution < 1.29 is 8.42 Å². The molecule has 0 spiro atoms. The number of aryl methyl sites for hydroxylation is 2. The van der Waals surface area contributed by atoms with Crippen LogP contribution in [-0.4, -0.2) is 17.8 Å². The van der Waals surface area contributed by atoms with Crippen molar-refractivity contribution in [2.24, 2.45) is 0 Å². The van der Waals surface area contributed by atoms with Gasteiger partial charge in [0.2, 0.25) is 10.0 Å². The lowest BCUT2D eigenvalue weighted by atomic mass is 10.1. The second kappa shape index (κ2) is 5.96. The topological polar surface area (TPSA) is 63.5 Å². The molecule has 1 N–H and O–H groups in total. The largest absolute Gasteiger partial charge is 0.305 e. The molecule has 0 aliphatic heterocycles. The summed E-state index contributed by atoms with van der Waals surface area (Å²) in [6.45, 7) is 3.95. The lowest BCUT2D eigenvalue weighted by Crippen LogP contribution is -2.23. The van der Waals surface area contributed by atoms with Gasteiger partial charge in [-0.25, -0.2) is 18.1 Å². The summed E-state index contributed by atoms with van der Waals surface area (Å²) in [4.78, 5) is 4.62. The number of sulfonamides is 1. The van der Waals surface area contributed by atoms with Crippen LogP contribution in [0.15, 0.2) is 47.6 Å². The number of imidazole rings is 1. The van der Waals surface area contributed by atoms with Gasteiger partial charge in [-0.05, 0) is 49.2 Å². The van der Waals surface area contributed by atoms with Crippen molar-refractivity contribution in [2.75, 3.05) is 0 Å². The van der Waals surface area contributed by atoms with Crippen LogP contribution in [0.5, 0.6) is 0 Å². The van der Waals surface area contributed by atoms with Crippen molar-refractivity contribution in [1.82, 2.24) is 14.1 Å². The molecule has 3 aromatic rings. The molecule has 0 atom stereocenters. The van der Waals surface area contributed by atoms with Crippen LogP contribution in [0.1, 0.15) is 16.8 Å². The van der Waals surface area contributed by atoms with Gasteiger partial charge in [-0.1, -0.05) is 17.7 Å². The monoisotopic (exact) mass is 349 g/mol. The molecule has 3 rings (SSSR count). The Kier molecular flexibility index (Phi) is 4.14. The Labute approximate surface area is 140 Å². The molecule has 7 heteroatoms. The molecule has 0 aliphatic carbocycles. The summed E-state index contributed by atoms with van der Waals surface area (Å²) in [5.41, 5.74) is 3.34. The molecule has 0 fully saturated rings. The number of benzene rings is 1. The van der Waals surface area contributed by atoms with E-state index in [9.17, 15) is 8.42 Å². The minimum Gasteiger partial charge on any atom is -0.305 e. The maximum Gasteiger partial charge on any atom is 0.240 e. The normalized spacial score (nSPS) is 12.0. The van der Waals surface area contributed by atoms with Gasteiger partial charge in [0.25, 0.3) is 0 Å². The number of nitrogens with zero attached hydrogens (tertiary/aromatic N) is 2. The average Bonchev–Trinajstić information content (AvgIpc) is 2.90. The lowest BCUT2D eigenvalue weighted by Gasteiger charge is -2.07. The van der Waals surface area contributed by atoms with Crippen LogP contribution in [0.2, 0.25) is 5.02 Å². The lowest BCUT2D eigenvalue weighted by molar-refractivity contribution is 0.580. The fraction of sp³-hybridized carbons (Fsp3) is 0.188.